The Morgan fingerprint density at radius 3 is 2.75 bits per heavy atom. The van der Waals surface area contributed by atoms with Gasteiger partial charge in [0.25, 0.3) is 0 Å². The summed E-state index contributed by atoms with van der Waals surface area (Å²) in [7, 11) is -3.22. The third-order valence-corrected chi connectivity index (χ3v) is 4.50. The van der Waals surface area contributed by atoms with Gasteiger partial charge in [-0.2, -0.15) is 0 Å². The average molecular weight is 237 g/mol. The summed E-state index contributed by atoms with van der Waals surface area (Å²) in [6.07, 6.45) is 1.54. The van der Waals surface area contributed by atoms with Gasteiger partial charge in [0.15, 0.2) is 0 Å². The number of fused-ring (bicyclic) bond motifs is 1. The van der Waals surface area contributed by atoms with E-state index in [-0.39, 0.29) is 0 Å². The standard InChI is InChI=1S/C12H15NO2S/c1-9-4-2-6-11-10(5-3-7-13)8-16(14,15)12(9)11/h2,4,6,8H,3,5,7,13H2,1H3. The van der Waals surface area contributed by atoms with Gasteiger partial charge in [-0.3, -0.25) is 0 Å². The second-order valence-electron chi connectivity index (χ2n) is 4.03. The van der Waals surface area contributed by atoms with Gasteiger partial charge in [-0.1, -0.05) is 18.2 Å². The van der Waals surface area contributed by atoms with Gasteiger partial charge in [0.1, 0.15) is 0 Å². The second kappa shape index (κ2) is 4.03. The second-order valence-corrected chi connectivity index (χ2v) is 5.77. The first-order valence-corrected chi connectivity index (χ1v) is 6.86. The first-order valence-electron chi connectivity index (χ1n) is 5.32. The molecule has 0 aliphatic carbocycles. The average Bonchev–Trinajstić information content (AvgIpc) is 2.49. The molecule has 0 spiro atoms. The van der Waals surface area contributed by atoms with Gasteiger partial charge in [0.2, 0.25) is 9.84 Å². The molecule has 0 fully saturated rings. The maximum atomic E-state index is 11.9. The van der Waals surface area contributed by atoms with Crippen molar-refractivity contribution in [2.45, 2.75) is 24.7 Å². The van der Waals surface area contributed by atoms with Gasteiger partial charge in [-0.15, -0.1) is 0 Å². The van der Waals surface area contributed by atoms with Crippen LogP contribution in [0, 0.1) is 6.92 Å². The van der Waals surface area contributed by atoms with E-state index in [0.717, 1.165) is 29.5 Å². The van der Waals surface area contributed by atoms with Crippen molar-refractivity contribution in [2.75, 3.05) is 6.54 Å². The van der Waals surface area contributed by atoms with Crippen LogP contribution in [0.4, 0.5) is 0 Å². The first-order chi connectivity index (χ1) is 7.56. The number of nitrogens with two attached hydrogens (primary N) is 1. The highest BCUT2D eigenvalue weighted by molar-refractivity contribution is 7.95. The van der Waals surface area contributed by atoms with Crippen LogP contribution in [0.2, 0.25) is 0 Å². The van der Waals surface area contributed by atoms with E-state index < -0.39 is 9.84 Å². The Kier molecular flexibility index (Phi) is 2.86. The number of allylic oxidation sites excluding steroid dienone is 1. The molecule has 3 nitrogen and oxygen atoms in total. The highest BCUT2D eigenvalue weighted by atomic mass is 32.2. The molecule has 0 bridgehead atoms. The summed E-state index contributed by atoms with van der Waals surface area (Å²) in [5, 5.41) is 1.39. The van der Waals surface area contributed by atoms with Crippen LogP contribution in [0.25, 0.3) is 5.57 Å². The fourth-order valence-corrected chi connectivity index (χ4v) is 3.84. The Hall–Kier alpha value is -1.13. The van der Waals surface area contributed by atoms with Crippen molar-refractivity contribution < 1.29 is 8.42 Å². The molecule has 16 heavy (non-hydrogen) atoms. The normalized spacial score (nSPS) is 17.0. The maximum absolute atomic E-state index is 11.9. The van der Waals surface area contributed by atoms with E-state index in [0.29, 0.717) is 11.4 Å². The molecule has 4 heteroatoms. The molecule has 86 valence electrons. The molecule has 0 aromatic heterocycles. The minimum atomic E-state index is -3.22. The summed E-state index contributed by atoms with van der Waals surface area (Å²) in [6, 6.07) is 5.59. The number of hydrogen-bond donors (Lipinski definition) is 1. The molecule has 1 aromatic rings. The number of benzene rings is 1. The smallest absolute Gasteiger partial charge is 0.200 e. The zero-order valence-corrected chi connectivity index (χ0v) is 10.0. The molecule has 1 aromatic carbocycles. The fraction of sp³-hybridized carbons (Fsp3) is 0.333. The molecule has 0 amide bonds. The molecular weight excluding hydrogens is 222 g/mol. The lowest BCUT2D eigenvalue weighted by molar-refractivity contribution is 0.605. The topological polar surface area (TPSA) is 60.2 Å². The molecule has 1 heterocycles. The lowest BCUT2D eigenvalue weighted by Gasteiger charge is -2.05. The van der Waals surface area contributed by atoms with Crippen molar-refractivity contribution >= 4 is 15.4 Å². The number of rotatable bonds is 3. The van der Waals surface area contributed by atoms with Crippen molar-refractivity contribution in [1.82, 2.24) is 0 Å². The van der Waals surface area contributed by atoms with Crippen molar-refractivity contribution in [1.29, 1.82) is 0 Å². The van der Waals surface area contributed by atoms with E-state index in [2.05, 4.69) is 0 Å². The lowest BCUT2D eigenvalue weighted by atomic mass is 10.0. The SMILES string of the molecule is Cc1cccc2c1S(=O)(=O)C=C2CCCN. The van der Waals surface area contributed by atoms with E-state index in [1.165, 1.54) is 5.41 Å². The maximum Gasteiger partial charge on any atom is 0.200 e. The van der Waals surface area contributed by atoms with Gasteiger partial charge in [0, 0.05) is 5.41 Å². The monoisotopic (exact) mass is 237 g/mol. The minimum absolute atomic E-state index is 0.474. The summed E-state index contributed by atoms with van der Waals surface area (Å²) in [4.78, 5) is 0.474. The number of hydrogen-bond acceptors (Lipinski definition) is 3. The van der Waals surface area contributed by atoms with Crippen LogP contribution < -0.4 is 5.73 Å². The molecule has 0 radical (unpaired) electrons. The van der Waals surface area contributed by atoms with Gasteiger partial charge in [-0.05, 0) is 43.0 Å². The van der Waals surface area contributed by atoms with Crippen molar-refractivity contribution in [3.63, 3.8) is 0 Å². The molecule has 1 aliphatic rings. The molecule has 1 aliphatic heterocycles. The van der Waals surface area contributed by atoms with Crippen LogP contribution >= 0.6 is 0 Å². The first kappa shape index (κ1) is 11.4. The third kappa shape index (κ3) is 1.79. The minimum Gasteiger partial charge on any atom is -0.330 e. The van der Waals surface area contributed by atoms with Crippen LogP contribution in [0.1, 0.15) is 24.0 Å². The van der Waals surface area contributed by atoms with Crippen molar-refractivity contribution in [3.05, 3.63) is 34.7 Å². The quantitative estimate of drug-likeness (QED) is 0.873. The lowest BCUT2D eigenvalue weighted by Crippen LogP contribution is -1.98. The van der Waals surface area contributed by atoms with Gasteiger partial charge >= 0.3 is 0 Å². The molecule has 0 saturated heterocycles. The number of sulfone groups is 1. The molecule has 0 atom stereocenters. The fourth-order valence-electron chi connectivity index (χ4n) is 2.08. The Labute approximate surface area is 95.9 Å². The Morgan fingerprint density at radius 2 is 2.06 bits per heavy atom. The predicted molar refractivity (Wildman–Crippen MR) is 64.6 cm³/mol. The summed E-state index contributed by atoms with van der Waals surface area (Å²) in [6.45, 7) is 2.41. The van der Waals surface area contributed by atoms with Crippen molar-refractivity contribution in [2.24, 2.45) is 5.73 Å². The zero-order valence-electron chi connectivity index (χ0n) is 9.23. The highest BCUT2D eigenvalue weighted by Gasteiger charge is 2.27. The van der Waals surface area contributed by atoms with E-state index >= 15 is 0 Å². The predicted octanol–water partition coefficient (Wildman–Crippen LogP) is 1.86. The van der Waals surface area contributed by atoms with Crippen LogP contribution in [0.15, 0.2) is 28.5 Å². The van der Waals surface area contributed by atoms with Crippen molar-refractivity contribution in [3.8, 4) is 0 Å². The number of aryl methyl sites for hydroxylation is 1. The van der Waals surface area contributed by atoms with E-state index in [1.54, 1.807) is 0 Å². The molecular formula is C12H15NO2S. The van der Waals surface area contributed by atoms with Crippen LogP contribution in [0.3, 0.4) is 0 Å². The van der Waals surface area contributed by atoms with Gasteiger partial charge in [0.05, 0.1) is 4.90 Å². The highest BCUT2D eigenvalue weighted by Crippen LogP contribution is 2.37. The zero-order chi connectivity index (χ0) is 11.8. The van der Waals surface area contributed by atoms with Gasteiger partial charge < -0.3 is 5.73 Å². The largest absolute Gasteiger partial charge is 0.330 e. The van der Waals surface area contributed by atoms with Crippen LogP contribution in [-0.2, 0) is 9.84 Å². The van der Waals surface area contributed by atoms with E-state index in [4.69, 9.17) is 5.73 Å². The molecule has 2 N–H and O–H groups in total. The Bertz CT molecular complexity index is 544. The van der Waals surface area contributed by atoms with E-state index in [9.17, 15) is 8.42 Å². The van der Waals surface area contributed by atoms with Crippen LogP contribution in [-0.4, -0.2) is 15.0 Å². The Morgan fingerprint density at radius 1 is 1.31 bits per heavy atom. The summed E-state index contributed by atoms with van der Waals surface area (Å²) in [5.41, 5.74) is 8.01. The Balaban J connectivity index is 2.52. The molecule has 0 saturated carbocycles. The third-order valence-electron chi connectivity index (χ3n) is 2.79. The van der Waals surface area contributed by atoms with Crippen LogP contribution in [0.5, 0.6) is 0 Å². The summed E-state index contributed by atoms with van der Waals surface area (Å²) >= 11 is 0. The molecule has 2 rings (SSSR count). The summed E-state index contributed by atoms with van der Waals surface area (Å²) < 4.78 is 23.9. The summed E-state index contributed by atoms with van der Waals surface area (Å²) in [5.74, 6) is 0. The van der Waals surface area contributed by atoms with E-state index in [1.807, 2.05) is 25.1 Å². The van der Waals surface area contributed by atoms with Gasteiger partial charge in [-0.25, -0.2) is 8.42 Å². The molecule has 0 unspecified atom stereocenters.